The third-order valence-corrected chi connectivity index (χ3v) is 5.32. The van der Waals surface area contributed by atoms with E-state index in [1.54, 1.807) is 53.3 Å². The van der Waals surface area contributed by atoms with Crippen LogP contribution in [0, 0.1) is 0 Å². The van der Waals surface area contributed by atoms with Crippen molar-refractivity contribution >= 4 is 11.8 Å². The van der Waals surface area contributed by atoms with Gasteiger partial charge in [0.25, 0.3) is 11.8 Å². The van der Waals surface area contributed by atoms with Gasteiger partial charge in [0, 0.05) is 37.3 Å². The Bertz CT molecular complexity index is 961. The largest absolute Gasteiger partial charge is 0.493 e. The molecule has 2 aromatic carbocycles. The highest BCUT2D eigenvalue weighted by Gasteiger charge is 2.25. The molecule has 0 aromatic heterocycles. The zero-order valence-electron chi connectivity index (χ0n) is 17.1. The summed E-state index contributed by atoms with van der Waals surface area (Å²) in [6, 6.07) is 10.3. The first kappa shape index (κ1) is 19.9. The molecule has 0 unspecified atom stereocenters. The molecule has 4 rings (SSSR count). The molecule has 2 aromatic rings. The zero-order valence-corrected chi connectivity index (χ0v) is 17.1. The second-order valence-electron chi connectivity index (χ2n) is 7.08. The van der Waals surface area contributed by atoms with Gasteiger partial charge in [0.15, 0.2) is 23.0 Å². The average molecular weight is 412 g/mol. The summed E-state index contributed by atoms with van der Waals surface area (Å²) in [5.74, 6) is 2.15. The third kappa shape index (κ3) is 3.85. The maximum Gasteiger partial charge on any atom is 0.254 e. The van der Waals surface area contributed by atoms with Crippen LogP contribution in [0.5, 0.6) is 23.0 Å². The summed E-state index contributed by atoms with van der Waals surface area (Å²) in [7, 11) is 3.09. The van der Waals surface area contributed by atoms with Crippen molar-refractivity contribution in [2.75, 3.05) is 47.2 Å². The zero-order chi connectivity index (χ0) is 21.1. The number of rotatable bonds is 4. The Morgan fingerprint density at radius 3 is 2.03 bits per heavy atom. The maximum absolute atomic E-state index is 13.0. The second kappa shape index (κ2) is 8.52. The smallest absolute Gasteiger partial charge is 0.254 e. The van der Waals surface area contributed by atoms with Crippen LogP contribution in [-0.4, -0.2) is 68.8 Å². The van der Waals surface area contributed by atoms with Crippen molar-refractivity contribution in [2.24, 2.45) is 0 Å². The van der Waals surface area contributed by atoms with E-state index in [2.05, 4.69) is 0 Å². The Kier molecular flexibility index (Phi) is 5.65. The Morgan fingerprint density at radius 2 is 1.37 bits per heavy atom. The molecule has 2 aliphatic rings. The van der Waals surface area contributed by atoms with Gasteiger partial charge in [0.1, 0.15) is 0 Å². The first-order chi connectivity index (χ1) is 14.6. The number of amides is 2. The molecule has 2 heterocycles. The number of carbonyl (C=O) groups is 2. The lowest BCUT2D eigenvalue weighted by Gasteiger charge is -2.22. The van der Waals surface area contributed by atoms with E-state index in [0.717, 1.165) is 0 Å². The van der Waals surface area contributed by atoms with Gasteiger partial charge in [-0.05, 0) is 42.8 Å². The highest BCUT2D eigenvalue weighted by Crippen LogP contribution is 2.33. The third-order valence-electron chi connectivity index (χ3n) is 5.32. The lowest BCUT2D eigenvalue weighted by molar-refractivity contribution is 0.0718. The summed E-state index contributed by atoms with van der Waals surface area (Å²) in [5, 5.41) is 0. The maximum atomic E-state index is 13.0. The molecule has 2 aliphatic heterocycles. The van der Waals surface area contributed by atoms with Crippen LogP contribution in [0.4, 0.5) is 0 Å². The fourth-order valence-electron chi connectivity index (χ4n) is 3.69. The van der Waals surface area contributed by atoms with Crippen LogP contribution in [0.1, 0.15) is 27.1 Å². The quantitative estimate of drug-likeness (QED) is 0.768. The number of fused-ring (bicyclic) bond motifs is 1. The van der Waals surface area contributed by atoms with Crippen LogP contribution in [0.15, 0.2) is 36.4 Å². The summed E-state index contributed by atoms with van der Waals surface area (Å²) >= 11 is 0. The first-order valence-corrected chi connectivity index (χ1v) is 9.81. The fraction of sp³-hybridized carbons (Fsp3) is 0.364. The highest BCUT2D eigenvalue weighted by atomic mass is 16.7. The summed E-state index contributed by atoms with van der Waals surface area (Å²) in [5.41, 5.74) is 1.09. The normalized spacial score (nSPS) is 15.5. The monoisotopic (exact) mass is 412 g/mol. The van der Waals surface area contributed by atoms with E-state index >= 15 is 0 Å². The predicted molar refractivity (Wildman–Crippen MR) is 109 cm³/mol. The lowest BCUT2D eigenvalue weighted by Crippen LogP contribution is -2.37. The number of methoxy groups -OCH3 is 2. The number of nitrogens with zero attached hydrogens (tertiary/aromatic N) is 2. The van der Waals surface area contributed by atoms with Gasteiger partial charge in [0.2, 0.25) is 6.79 Å². The molecule has 0 N–H and O–H groups in total. The number of hydrogen-bond acceptors (Lipinski definition) is 6. The molecule has 8 nitrogen and oxygen atoms in total. The van der Waals surface area contributed by atoms with Crippen LogP contribution in [0.25, 0.3) is 0 Å². The Balaban J connectivity index is 1.43. The summed E-state index contributed by atoms with van der Waals surface area (Å²) in [6.07, 6.45) is 0.704. The van der Waals surface area contributed by atoms with Crippen molar-refractivity contribution in [1.29, 1.82) is 0 Å². The Hall–Kier alpha value is -3.42. The van der Waals surface area contributed by atoms with E-state index in [1.807, 2.05) is 0 Å². The first-order valence-electron chi connectivity index (χ1n) is 9.81. The van der Waals surface area contributed by atoms with Crippen molar-refractivity contribution < 1.29 is 28.5 Å². The van der Waals surface area contributed by atoms with Crippen LogP contribution < -0.4 is 18.9 Å². The van der Waals surface area contributed by atoms with Gasteiger partial charge in [-0.2, -0.15) is 0 Å². The molecule has 0 bridgehead atoms. The highest BCUT2D eigenvalue weighted by molar-refractivity contribution is 5.96. The van der Waals surface area contributed by atoms with Crippen LogP contribution in [0.3, 0.4) is 0 Å². The molecule has 0 saturated carbocycles. The van der Waals surface area contributed by atoms with E-state index < -0.39 is 0 Å². The molecule has 0 spiro atoms. The van der Waals surface area contributed by atoms with Crippen LogP contribution in [-0.2, 0) is 0 Å². The van der Waals surface area contributed by atoms with Gasteiger partial charge >= 0.3 is 0 Å². The second-order valence-corrected chi connectivity index (χ2v) is 7.08. The van der Waals surface area contributed by atoms with E-state index in [0.29, 0.717) is 66.7 Å². The van der Waals surface area contributed by atoms with Crippen LogP contribution in [0.2, 0.25) is 0 Å². The molecule has 0 aliphatic carbocycles. The van der Waals surface area contributed by atoms with E-state index in [-0.39, 0.29) is 18.6 Å². The number of carbonyl (C=O) groups excluding carboxylic acids is 2. The number of benzene rings is 2. The van der Waals surface area contributed by atoms with Gasteiger partial charge in [-0.15, -0.1) is 0 Å². The van der Waals surface area contributed by atoms with Crippen molar-refractivity contribution in [3.8, 4) is 23.0 Å². The molecule has 2 amide bonds. The van der Waals surface area contributed by atoms with E-state index in [9.17, 15) is 9.59 Å². The van der Waals surface area contributed by atoms with Gasteiger partial charge in [-0.25, -0.2) is 0 Å². The van der Waals surface area contributed by atoms with E-state index in [4.69, 9.17) is 18.9 Å². The van der Waals surface area contributed by atoms with Crippen molar-refractivity contribution in [2.45, 2.75) is 6.42 Å². The summed E-state index contributed by atoms with van der Waals surface area (Å²) in [6.45, 7) is 2.26. The van der Waals surface area contributed by atoms with Crippen molar-refractivity contribution in [3.63, 3.8) is 0 Å². The molecule has 158 valence electrons. The summed E-state index contributed by atoms with van der Waals surface area (Å²) in [4.78, 5) is 29.5. The van der Waals surface area contributed by atoms with Gasteiger partial charge in [-0.1, -0.05) is 0 Å². The standard InChI is InChI=1S/C22H24N2O6/c1-27-17-6-4-15(12-19(17)28-2)21(25)23-8-3-9-24(11-10-23)22(26)16-5-7-18-20(13-16)30-14-29-18/h4-7,12-13H,3,8-11,14H2,1-2H3. The fourth-order valence-corrected chi connectivity index (χ4v) is 3.69. The topological polar surface area (TPSA) is 77.5 Å². The van der Waals surface area contributed by atoms with E-state index in [1.165, 1.54) is 7.11 Å². The van der Waals surface area contributed by atoms with Crippen LogP contribution >= 0.6 is 0 Å². The van der Waals surface area contributed by atoms with Gasteiger partial charge in [0.05, 0.1) is 14.2 Å². The molecular weight excluding hydrogens is 388 g/mol. The minimum Gasteiger partial charge on any atom is -0.493 e. The molecular formula is C22H24N2O6. The van der Waals surface area contributed by atoms with Gasteiger partial charge in [-0.3, -0.25) is 9.59 Å². The van der Waals surface area contributed by atoms with Gasteiger partial charge < -0.3 is 28.7 Å². The minimum absolute atomic E-state index is 0.0753. The lowest BCUT2D eigenvalue weighted by atomic mass is 10.1. The predicted octanol–water partition coefficient (Wildman–Crippen LogP) is 2.42. The van der Waals surface area contributed by atoms with Crippen molar-refractivity contribution in [3.05, 3.63) is 47.5 Å². The number of hydrogen-bond donors (Lipinski definition) is 0. The minimum atomic E-state index is -0.0895. The SMILES string of the molecule is COc1ccc(C(=O)N2CCCN(C(=O)c3ccc4c(c3)OCO4)CC2)cc1OC. The number of ether oxygens (including phenoxy) is 4. The Labute approximate surface area is 174 Å². The molecule has 1 saturated heterocycles. The molecule has 0 radical (unpaired) electrons. The molecule has 1 fully saturated rings. The Morgan fingerprint density at radius 1 is 0.767 bits per heavy atom. The molecule has 30 heavy (non-hydrogen) atoms. The molecule has 0 atom stereocenters. The molecule has 8 heteroatoms. The average Bonchev–Trinajstić information content (AvgIpc) is 3.12. The van der Waals surface area contributed by atoms with Crippen molar-refractivity contribution in [1.82, 2.24) is 9.80 Å². The summed E-state index contributed by atoms with van der Waals surface area (Å²) < 4.78 is 21.2.